The molecule has 0 aliphatic rings. The quantitative estimate of drug-likeness (QED) is 0.113. The third-order valence-electron chi connectivity index (χ3n) is 10.9. The molecule has 9 aromatic carbocycles. The minimum absolute atomic E-state index is 0.790. The van der Waals surface area contributed by atoms with Gasteiger partial charge in [-0.15, -0.1) is 0 Å². The van der Waals surface area contributed by atoms with E-state index in [-0.39, 0.29) is 0 Å². The van der Waals surface area contributed by atoms with Crippen LogP contribution in [0.5, 0.6) is 0 Å². The molecule has 0 saturated carbocycles. The fraction of sp³-hybridized carbons (Fsp3) is 0. The first-order chi connectivity index (χ1) is 29.3. The molecule has 0 saturated heterocycles. The third-order valence-corrected chi connectivity index (χ3v) is 11.4. The number of fused-ring (bicyclic) bond motifs is 5. The molecule has 0 N–H and O–H groups in total. The molecule has 0 aliphatic carbocycles. The lowest BCUT2D eigenvalue weighted by Crippen LogP contribution is -2.09. The summed E-state index contributed by atoms with van der Waals surface area (Å²) in [6.07, 6.45) is 0. The van der Waals surface area contributed by atoms with Crippen molar-refractivity contribution < 1.29 is 0 Å². The maximum absolute atomic E-state index is 5.53. The van der Waals surface area contributed by atoms with Gasteiger partial charge in [0.25, 0.3) is 0 Å². The van der Waals surface area contributed by atoms with Gasteiger partial charge in [0.1, 0.15) is 22.1 Å². The molecule has 278 valence electrons. The first-order valence-corrected chi connectivity index (χ1v) is 20.3. The normalized spacial score (nSPS) is 11.4. The lowest BCUT2D eigenvalue weighted by molar-refractivity contribution is 1.28. The van der Waals surface area contributed by atoms with Crippen LogP contribution < -0.4 is 9.80 Å². The lowest BCUT2D eigenvalue weighted by atomic mass is 9.94. The molecule has 2 heterocycles. The van der Waals surface area contributed by atoms with Gasteiger partial charge in [-0.25, -0.2) is 9.97 Å². The molecule has 0 unspecified atom stereocenters. The van der Waals surface area contributed by atoms with E-state index in [9.17, 15) is 0 Å². The van der Waals surface area contributed by atoms with Gasteiger partial charge in [-0.1, -0.05) is 127 Å². The van der Waals surface area contributed by atoms with Crippen LogP contribution in [0.3, 0.4) is 0 Å². The van der Waals surface area contributed by atoms with Crippen molar-refractivity contribution in [2.24, 2.45) is 0 Å². The molecule has 59 heavy (non-hydrogen) atoms. The fourth-order valence-corrected chi connectivity index (χ4v) is 8.74. The first-order valence-electron chi connectivity index (χ1n) is 19.6. The third kappa shape index (κ3) is 6.12. The van der Waals surface area contributed by atoms with Crippen LogP contribution >= 0.6 is 11.7 Å². The van der Waals surface area contributed by atoms with Gasteiger partial charge in [-0.05, 0) is 95.4 Å². The number of hydrogen-bond acceptors (Lipinski definition) is 7. The van der Waals surface area contributed by atoms with Crippen molar-refractivity contribution in [2.75, 3.05) is 9.80 Å². The summed E-state index contributed by atoms with van der Waals surface area (Å²) in [5.41, 5.74) is 15.1. The molecular weight excluding hydrogens is 741 g/mol. The molecular formula is C52H34N6S. The summed E-state index contributed by atoms with van der Waals surface area (Å²) in [4.78, 5) is 15.5. The predicted octanol–water partition coefficient (Wildman–Crippen LogP) is 14.2. The van der Waals surface area contributed by atoms with E-state index in [2.05, 4.69) is 192 Å². The molecule has 0 spiro atoms. The topological polar surface area (TPSA) is 58.0 Å². The zero-order valence-electron chi connectivity index (χ0n) is 31.7. The van der Waals surface area contributed by atoms with Gasteiger partial charge >= 0.3 is 0 Å². The van der Waals surface area contributed by atoms with Crippen molar-refractivity contribution in [3.8, 4) is 22.3 Å². The van der Waals surface area contributed by atoms with E-state index in [0.29, 0.717) is 0 Å². The van der Waals surface area contributed by atoms with E-state index in [1.807, 2.05) is 24.3 Å². The average molecular weight is 775 g/mol. The largest absolute Gasteiger partial charge is 0.311 e. The standard InChI is InChI=1S/C52H34N6S/c1-5-16-38(17-6-1)57(39-18-7-2-8-19-39)42-30-25-36(26-31-42)46-49-50(54-48-44-24-14-13-15-35(44)29-34-45(48)53-49)47(52-51(46)55-59-56-52)37-27-32-43(33-28-37)58(40-20-9-3-10-21-40)41-22-11-4-12-23-41/h1-34H. The van der Waals surface area contributed by atoms with Crippen LogP contribution in [0.25, 0.3) is 66.1 Å². The Morgan fingerprint density at radius 3 is 1.15 bits per heavy atom. The van der Waals surface area contributed by atoms with Crippen LogP contribution in [0, 0.1) is 0 Å². The van der Waals surface area contributed by atoms with Crippen LogP contribution in [0.1, 0.15) is 0 Å². The Morgan fingerprint density at radius 1 is 0.305 bits per heavy atom. The number of para-hydroxylation sites is 4. The molecule has 7 heteroatoms. The Balaban J connectivity index is 1.11. The monoisotopic (exact) mass is 774 g/mol. The number of hydrogen-bond donors (Lipinski definition) is 0. The zero-order valence-corrected chi connectivity index (χ0v) is 32.5. The summed E-state index contributed by atoms with van der Waals surface area (Å²) >= 11 is 1.22. The Kier molecular flexibility index (Phi) is 8.56. The van der Waals surface area contributed by atoms with E-state index < -0.39 is 0 Å². The van der Waals surface area contributed by atoms with Gasteiger partial charge in [0, 0.05) is 50.6 Å². The summed E-state index contributed by atoms with van der Waals surface area (Å²) in [7, 11) is 0. The van der Waals surface area contributed by atoms with Gasteiger partial charge in [-0.2, -0.15) is 8.75 Å². The van der Waals surface area contributed by atoms with Crippen molar-refractivity contribution in [2.45, 2.75) is 0 Å². The highest BCUT2D eigenvalue weighted by Gasteiger charge is 2.24. The summed E-state index contributed by atoms with van der Waals surface area (Å²) in [6, 6.07) is 71.8. The fourth-order valence-electron chi connectivity index (χ4n) is 8.18. The molecule has 11 aromatic rings. The van der Waals surface area contributed by atoms with Crippen molar-refractivity contribution >= 4 is 89.7 Å². The number of rotatable bonds is 8. The molecule has 0 radical (unpaired) electrons. The van der Waals surface area contributed by atoms with E-state index >= 15 is 0 Å². The molecule has 2 aromatic heterocycles. The summed E-state index contributed by atoms with van der Waals surface area (Å²) in [5.74, 6) is 0. The van der Waals surface area contributed by atoms with Crippen LogP contribution in [0.2, 0.25) is 0 Å². The highest BCUT2D eigenvalue weighted by atomic mass is 32.1. The highest BCUT2D eigenvalue weighted by Crippen LogP contribution is 2.45. The second-order valence-corrected chi connectivity index (χ2v) is 14.9. The predicted molar refractivity (Wildman–Crippen MR) is 246 cm³/mol. The summed E-state index contributed by atoms with van der Waals surface area (Å²) in [6.45, 7) is 0. The van der Waals surface area contributed by atoms with Crippen molar-refractivity contribution in [3.05, 3.63) is 206 Å². The Morgan fingerprint density at radius 2 is 0.695 bits per heavy atom. The molecule has 6 nitrogen and oxygen atoms in total. The lowest BCUT2D eigenvalue weighted by Gasteiger charge is -2.25. The van der Waals surface area contributed by atoms with Crippen LogP contribution in [-0.2, 0) is 0 Å². The van der Waals surface area contributed by atoms with Crippen molar-refractivity contribution in [3.63, 3.8) is 0 Å². The van der Waals surface area contributed by atoms with Gasteiger partial charge in [0.05, 0.1) is 22.8 Å². The van der Waals surface area contributed by atoms with E-state index in [1.165, 1.54) is 11.7 Å². The first kappa shape index (κ1) is 34.5. The Labute approximate surface area is 345 Å². The second kappa shape index (κ2) is 14.6. The minimum Gasteiger partial charge on any atom is -0.311 e. The maximum Gasteiger partial charge on any atom is 0.115 e. The van der Waals surface area contributed by atoms with E-state index in [4.69, 9.17) is 18.7 Å². The highest BCUT2D eigenvalue weighted by molar-refractivity contribution is 7.00. The SMILES string of the molecule is c1ccc(N(c2ccccc2)c2ccc(-c3c4nsnc4c(-c4ccc(N(c5ccccc5)c5ccccc5)cc4)c4nc5c(ccc6ccccc65)nc34)cc2)cc1. The molecule has 0 amide bonds. The Bertz CT molecular complexity index is 3170. The number of benzene rings is 9. The second-order valence-electron chi connectivity index (χ2n) is 14.4. The minimum atomic E-state index is 0.790. The number of anilines is 6. The van der Waals surface area contributed by atoms with E-state index in [1.54, 1.807) is 0 Å². The number of aromatic nitrogens is 4. The van der Waals surface area contributed by atoms with Gasteiger partial charge < -0.3 is 9.80 Å². The smallest absolute Gasteiger partial charge is 0.115 e. The van der Waals surface area contributed by atoms with Crippen molar-refractivity contribution in [1.29, 1.82) is 0 Å². The Hall–Kier alpha value is -7.74. The molecule has 11 rings (SSSR count). The van der Waals surface area contributed by atoms with Crippen LogP contribution in [-0.4, -0.2) is 18.7 Å². The molecule has 0 bridgehead atoms. The van der Waals surface area contributed by atoms with Crippen LogP contribution in [0.15, 0.2) is 206 Å². The van der Waals surface area contributed by atoms with Gasteiger partial charge in [0.2, 0.25) is 0 Å². The summed E-state index contributed by atoms with van der Waals surface area (Å²) in [5, 5.41) is 2.18. The zero-order chi connectivity index (χ0) is 39.1. The molecule has 0 aliphatic heterocycles. The van der Waals surface area contributed by atoms with Crippen LogP contribution in [0.4, 0.5) is 34.1 Å². The molecule has 0 fully saturated rings. The van der Waals surface area contributed by atoms with Crippen molar-refractivity contribution in [1.82, 2.24) is 18.7 Å². The number of nitrogens with zero attached hydrogens (tertiary/aromatic N) is 6. The average Bonchev–Trinajstić information content (AvgIpc) is 3.79. The van der Waals surface area contributed by atoms with Gasteiger partial charge in [0.15, 0.2) is 0 Å². The maximum atomic E-state index is 5.53. The van der Waals surface area contributed by atoms with E-state index in [0.717, 1.165) is 100 Å². The van der Waals surface area contributed by atoms with Gasteiger partial charge in [-0.3, -0.25) is 0 Å². The summed E-state index contributed by atoms with van der Waals surface area (Å²) < 4.78 is 9.98. The molecule has 0 atom stereocenters.